The lowest BCUT2D eigenvalue weighted by atomic mass is 10.3. The van der Waals surface area contributed by atoms with Crippen LogP contribution in [0.25, 0.3) is 10.3 Å². The van der Waals surface area contributed by atoms with E-state index in [1.165, 1.54) is 0 Å². The molecule has 0 aliphatic heterocycles. The van der Waals surface area contributed by atoms with Gasteiger partial charge in [-0.25, -0.2) is 9.97 Å². The predicted molar refractivity (Wildman–Crippen MR) is 64.5 cm³/mol. The molecule has 5 heteroatoms. The van der Waals surface area contributed by atoms with Crippen molar-refractivity contribution >= 4 is 27.4 Å². The van der Waals surface area contributed by atoms with E-state index in [-0.39, 0.29) is 0 Å². The van der Waals surface area contributed by atoms with Crippen LogP contribution < -0.4 is 10.6 Å². The van der Waals surface area contributed by atoms with Gasteiger partial charge in [-0.2, -0.15) is 0 Å². The van der Waals surface area contributed by atoms with Gasteiger partial charge in [-0.3, -0.25) is 0 Å². The second-order valence-corrected chi connectivity index (χ2v) is 4.61. The van der Waals surface area contributed by atoms with Crippen molar-refractivity contribution in [2.75, 3.05) is 25.0 Å². The first-order valence-electron chi connectivity index (χ1n) is 4.85. The van der Waals surface area contributed by atoms with Gasteiger partial charge >= 0.3 is 0 Å². The van der Waals surface area contributed by atoms with Gasteiger partial charge in [0.25, 0.3) is 0 Å². The van der Waals surface area contributed by atoms with Crippen LogP contribution in [0.2, 0.25) is 0 Å². The molecule has 2 rings (SSSR count). The van der Waals surface area contributed by atoms with Crippen LogP contribution in [0.1, 0.15) is 5.01 Å². The highest BCUT2D eigenvalue weighted by Crippen LogP contribution is 2.27. The first-order valence-corrected chi connectivity index (χ1v) is 5.67. The third kappa shape index (κ3) is 1.93. The fourth-order valence-electron chi connectivity index (χ4n) is 1.55. The number of pyridine rings is 1. The molecule has 4 nitrogen and oxygen atoms in total. The molecule has 2 N–H and O–H groups in total. The number of aromatic nitrogens is 2. The number of likely N-dealkylation sites (N-methyl/N-ethyl adjacent to an activating group) is 1. The monoisotopic (exact) mass is 222 g/mol. The van der Waals surface area contributed by atoms with Crippen LogP contribution >= 0.6 is 11.3 Å². The molecule has 0 unspecified atom stereocenters. The Labute approximate surface area is 92.8 Å². The van der Waals surface area contributed by atoms with Crippen molar-refractivity contribution in [3.63, 3.8) is 0 Å². The van der Waals surface area contributed by atoms with E-state index in [9.17, 15) is 0 Å². The quantitative estimate of drug-likeness (QED) is 0.852. The zero-order chi connectivity index (χ0) is 10.8. The summed E-state index contributed by atoms with van der Waals surface area (Å²) >= 11 is 1.62. The fraction of sp³-hybridized carbons (Fsp3) is 0.400. The Hall–Kier alpha value is -1.20. The fourth-order valence-corrected chi connectivity index (χ4v) is 2.32. The van der Waals surface area contributed by atoms with Crippen LogP contribution in [0.15, 0.2) is 12.3 Å². The molecule has 80 valence electrons. The molecule has 0 amide bonds. The largest absolute Gasteiger partial charge is 0.371 e. The Morgan fingerprint density at radius 3 is 3.07 bits per heavy atom. The smallest absolute Gasteiger partial charge is 0.145 e. The van der Waals surface area contributed by atoms with E-state index in [0.29, 0.717) is 6.54 Å². The highest BCUT2D eigenvalue weighted by molar-refractivity contribution is 7.18. The van der Waals surface area contributed by atoms with Gasteiger partial charge in [0.15, 0.2) is 0 Å². The minimum absolute atomic E-state index is 0.642. The average Bonchev–Trinajstić information content (AvgIpc) is 2.57. The van der Waals surface area contributed by atoms with Gasteiger partial charge in [0, 0.05) is 26.3 Å². The van der Waals surface area contributed by atoms with E-state index in [1.807, 2.05) is 26.2 Å². The summed E-state index contributed by atoms with van der Waals surface area (Å²) in [6.07, 6.45) is 1.82. The van der Waals surface area contributed by atoms with Crippen molar-refractivity contribution in [3.05, 3.63) is 17.3 Å². The molecule has 0 spiro atoms. The molecule has 0 aliphatic rings. The van der Waals surface area contributed by atoms with Gasteiger partial charge < -0.3 is 10.6 Å². The number of hydrogen-bond acceptors (Lipinski definition) is 5. The van der Waals surface area contributed by atoms with Crippen LogP contribution in [-0.4, -0.2) is 30.1 Å². The number of nitrogens with zero attached hydrogens (tertiary/aromatic N) is 3. The van der Waals surface area contributed by atoms with Crippen molar-refractivity contribution in [2.24, 2.45) is 5.73 Å². The maximum atomic E-state index is 5.54. The summed E-state index contributed by atoms with van der Waals surface area (Å²) in [4.78, 5) is 11.9. The third-order valence-corrected chi connectivity index (χ3v) is 3.14. The summed E-state index contributed by atoms with van der Waals surface area (Å²) in [5.41, 5.74) is 7.63. The van der Waals surface area contributed by atoms with Gasteiger partial charge in [-0.15, -0.1) is 0 Å². The number of anilines is 1. The van der Waals surface area contributed by atoms with E-state index in [2.05, 4.69) is 14.9 Å². The van der Waals surface area contributed by atoms with Crippen LogP contribution in [0.4, 0.5) is 5.69 Å². The van der Waals surface area contributed by atoms with Crippen molar-refractivity contribution in [1.29, 1.82) is 0 Å². The van der Waals surface area contributed by atoms with E-state index in [4.69, 9.17) is 5.73 Å². The van der Waals surface area contributed by atoms with Gasteiger partial charge in [0.2, 0.25) is 0 Å². The molecule has 2 aromatic rings. The molecule has 2 aromatic heterocycles. The van der Waals surface area contributed by atoms with Crippen molar-refractivity contribution < 1.29 is 0 Å². The first-order chi connectivity index (χ1) is 7.22. The van der Waals surface area contributed by atoms with Crippen molar-refractivity contribution in [3.8, 4) is 0 Å². The van der Waals surface area contributed by atoms with Crippen LogP contribution in [0.5, 0.6) is 0 Å². The van der Waals surface area contributed by atoms with Gasteiger partial charge in [-0.1, -0.05) is 11.3 Å². The predicted octanol–water partition coefficient (Wildman–Crippen LogP) is 1.39. The molecule has 0 radical (unpaired) electrons. The highest BCUT2D eigenvalue weighted by Gasteiger charge is 2.09. The second-order valence-electron chi connectivity index (χ2n) is 3.43. The number of thiazole rings is 1. The minimum atomic E-state index is 0.642. The van der Waals surface area contributed by atoms with Gasteiger partial charge in [0.1, 0.15) is 10.3 Å². The molecule has 0 aromatic carbocycles. The normalized spacial score (nSPS) is 10.9. The summed E-state index contributed by atoms with van der Waals surface area (Å²) in [5, 5.41) is 1.05. The number of rotatable bonds is 3. The SMILES string of the molecule is Cc1nc2c(N(C)CCN)ccnc2s1. The average molecular weight is 222 g/mol. The third-order valence-electron chi connectivity index (χ3n) is 2.26. The lowest BCUT2D eigenvalue weighted by Gasteiger charge is -2.17. The van der Waals surface area contributed by atoms with E-state index in [0.717, 1.165) is 27.6 Å². The maximum absolute atomic E-state index is 5.54. The summed E-state index contributed by atoms with van der Waals surface area (Å²) in [6, 6.07) is 1.98. The van der Waals surface area contributed by atoms with Crippen LogP contribution in [0, 0.1) is 6.92 Å². The Bertz CT molecular complexity index is 465. The summed E-state index contributed by atoms with van der Waals surface area (Å²) < 4.78 is 0. The van der Waals surface area contributed by atoms with Crippen molar-refractivity contribution in [2.45, 2.75) is 6.92 Å². The molecule has 0 aliphatic carbocycles. The molecule has 0 bridgehead atoms. The molecule has 0 saturated carbocycles. The molecular formula is C10H14N4S. The maximum Gasteiger partial charge on any atom is 0.145 e. The van der Waals surface area contributed by atoms with Crippen molar-refractivity contribution in [1.82, 2.24) is 9.97 Å². The van der Waals surface area contributed by atoms with E-state index < -0.39 is 0 Å². The number of nitrogens with two attached hydrogens (primary N) is 1. The Morgan fingerprint density at radius 2 is 2.33 bits per heavy atom. The first kappa shape index (κ1) is 10.3. The van der Waals surface area contributed by atoms with Crippen LogP contribution in [0.3, 0.4) is 0 Å². The standard InChI is InChI=1S/C10H14N4S/c1-7-13-9-8(14(2)6-4-11)3-5-12-10(9)15-7/h3,5H,4,6,11H2,1-2H3. The Morgan fingerprint density at radius 1 is 1.53 bits per heavy atom. The Kier molecular flexibility index (Phi) is 2.83. The summed E-state index contributed by atoms with van der Waals surface area (Å²) in [5.74, 6) is 0. The zero-order valence-corrected chi connectivity index (χ0v) is 9.71. The lowest BCUT2D eigenvalue weighted by molar-refractivity contribution is 0.887. The molecule has 0 fully saturated rings. The lowest BCUT2D eigenvalue weighted by Crippen LogP contribution is -2.25. The minimum Gasteiger partial charge on any atom is -0.371 e. The molecule has 0 saturated heterocycles. The van der Waals surface area contributed by atoms with Gasteiger partial charge in [0.05, 0.1) is 10.7 Å². The highest BCUT2D eigenvalue weighted by atomic mass is 32.1. The van der Waals surface area contributed by atoms with E-state index in [1.54, 1.807) is 11.3 Å². The van der Waals surface area contributed by atoms with Crippen LogP contribution in [-0.2, 0) is 0 Å². The summed E-state index contributed by atoms with van der Waals surface area (Å²) in [7, 11) is 2.02. The molecular weight excluding hydrogens is 208 g/mol. The summed E-state index contributed by atoms with van der Waals surface area (Å²) in [6.45, 7) is 3.47. The van der Waals surface area contributed by atoms with E-state index >= 15 is 0 Å². The Balaban J connectivity index is 2.50. The van der Waals surface area contributed by atoms with Gasteiger partial charge in [-0.05, 0) is 13.0 Å². The topological polar surface area (TPSA) is 55.0 Å². The molecule has 15 heavy (non-hydrogen) atoms. The molecule has 2 heterocycles. The number of fused-ring (bicyclic) bond motifs is 1. The molecule has 0 atom stereocenters. The number of aryl methyl sites for hydroxylation is 1. The number of hydrogen-bond donors (Lipinski definition) is 1. The second kappa shape index (κ2) is 4.12. The zero-order valence-electron chi connectivity index (χ0n) is 8.90.